The van der Waals surface area contributed by atoms with Gasteiger partial charge in [-0.25, -0.2) is 0 Å². The van der Waals surface area contributed by atoms with Crippen molar-refractivity contribution in [1.82, 2.24) is 0 Å². The molecule has 234 valence electrons. The summed E-state index contributed by atoms with van der Waals surface area (Å²) in [4.78, 5) is 11.9. The van der Waals surface area contributed by atoms with Crippen LogP contribution in [0.3, 0.4) is 0 Å². The van der Waals surface area contributed by atoms with E-state index in [-0.39, 0.29) is 43.2 Å². The first-order valence-corrected chi connectivity index (χ1v) is 18.7. The number of carbonyl (C=O) groups excluding carboxylic acids is 1. The van der Waals surface area contributed by atoms with Crippen LogP contribution in [0.2, 0.25) is 0 Å². The van der Waals surface area contributed by atoms with Crippen molar-refractivity contribution in [2.45, 2.75) is 194 Å². The molecular weight excluding hydrogens is 527 g/mol. The van der Waals surface area contributed by atoms with E-state index in [1.165, 1.54) is 122 Å². The third-order valence-electron chi connectivity index (χ3n) is 7.61. The van der Waals surface area contributed by atoms with Crippen LogP contribution < -0.4 is 29.6 Å². The van der Waals surface area contributed by atoms with Crippen molar-refractivity contribution in [1.29, 1.82) is 0 Å². The first-order chi connectivity index (χ1) is 19.0. The van der Waals surface area contributed by atoms with E-state index in [0.717, 1.165) is 38.5 Å². The Bertz CT molecular complexity index is 655. The molecule has 0 spiro atoms. The molecule has 40 heavy (non-hydrogen) atoms. The molecule has 0 aliphatic carbocycles. The average Bonchev–Trinajstić information content (AvgIpc) is 2.90. The zero-order valence-electron chi connectivity index (χ0n) is 28.2. The molecule has 0 fully saturated rings. The molecule has 0 aliphatic heterocycles. The van der Waals surface area contributed by atoms with Gasteiger partial charge in [0.2, 0.25) is 0 Å². The molecular formula is C34H67NaO4S. The predicted molar refractivity (Wildman–Crippen MR) is 171 cm³/mol. The fraction of sp³-hybridized carbons (Fsp3) is 0.912. The van der Waals surface area contributed by atoms with E-state index in [4.69, 9.17) is 4.18 Å². The number of allylic oxidation sites excluding steroid dienone is 2. The molecule has 6 heteroatoms. The largest absolute Gasteiger partial charge is 1.00 e. The van der Waals surface area contributed by atoms with Crippen LogP contribution in [0.4, 0.5) is 0 Å². The number of hydrogen-bond acceptors (Lipinski definition) is 4. The smallest absolute Gasteiger partial charge is 1.00 e. The van der Waals surface area contributed by atoms with E-state index < -0.39 is 16.1 Å². The van der Waals surface area contributed by atoms with Gasteiger partial charge in [-0.15, -0.1) is 0 Å². The van der Waals surface area contributed by atoms with Crippen LogP contribution >= 0.6 is 0 Å². The third-order valence-corrected chi connectivity index (χ3v) is 8.84. The Hall–Kier alpha value is 0.160. The van der Waals surface area contributed by atoms with Gasteiger partial charge in [0.25, 0.3) is 0 Å². The summed E-state index contributed by atoms with van der Waals surface area (Å²) in [5, 5.41) is 0. The minimum atomic E-state index is -3.72. The molecule has 0 aromatic heterocycles. The van der Waals surface area contributed by atoms with E-state index >= 15 is 0 Å². The van der Waals surface area contributed by atoms with Crippen LogP contribution in [0.1, 0.15) is 195 Å². The maximum atomic E-state index is 12.1. The Balaban J connectivity index is -0.00000722. The molecule has 0 heterocycles. The van der Waals surface area contributed by atoms with Crippen molar-refractivity contribution < 1.29 is 48.4 Å². The molecule has 0 aromatic rings. The number of carbonyl (C=O) groups is 1. The second-order valence-electron chi connectivity index (χ2n) is 11.6. The number of unbranched alkanes of at least 4 members (excludes halogenated alkanes) is 24. The Morgan fingerprint density at radius 1 is 0.525 bits per heavy atom. The summed E-state index contributed by atoms with van der Waals surface area (Å²) in [5.41, 5.74) is 0. The van der Waals surface area contributed by atoms with Crippen LogP contribution in [-0.2, 0) is 19.1 Å². The maximum absolute atomic E-state index is 12.1. The van der Waals surface area contributed by atoms with Crippen molar-refractivity contribution in [2.24, 2.45) is 0 Å². The zero-order valence-corrected chi connectivity index (χ0v) is 30.0. The number of hydrogen-bond donors (Lipinski definition) is 0. The monoisotopic (exact) mass is 594 g/mol. The zero-order chi connectivity index (χ0) is 28.7. The molecule has 0 radical (unpaired) electrons. The standard InChI is InChI=1S/C34H66O4S.Na.H/c1-3-5-7-9-11-13-15-17-19-20-22-24-26-28-30-32-34(35)38-39(36,37)33-31-29-27-25-23-21-18-16-14-12-10-8-6-4-2;;/h17,19H,3-16,18,20-33H2,1-2H3;;/q;+1;-1/b19-17-;;. The SMILES string of the molecule is CCCCCCCC/C=C\CCCCCCCC(=O)OS(=O)(=O)CCCCCCCCCCCCCCCC.[H-].[Na+]. The molecule has 0 aliphatic rings. The van der Waals surface area contributed by atoms with Gasteiger partial charge in [0.1, 0.15) is 0 Å². The molecule has 0 amide bonds. The molecule has 4 nitrogen and oxygen atoms in total. The van der Waals surface area contributed by atoms with Gasteiger partial charge in [-0.2, -0.15) is 8.42 Å². The average molecular weight is 595 g/mol. The van der Waals surface area contributed by atoms with Crippen molar-refractivity contribution in [3.05, 3.63) is 12.2 Å². The fourth-order valence-corrected chi connectivity index (χ4v) is 6.05. The van der Waals surface area contributed by atoms with Crippen LogP contribution in [-0.4, -0.2) is 20.1 Å². The van der Waals surface area contributed by atoms with Crippen molar-refractivity contribution in [2.75, 3.05) is 5.75 Å². The molecule has 0 saturated heterocycles. The molecule has 0 aromatic carbocycles. The molecule has 0 saturated carbocycles. The fourth-order valence-electron chi connectivity index (χ4n) is 5.04. The van der Waals surface area contributed by atoms with Crippen molar-refractivity contribution >= 4 is 16.1 Å². The van der Waals surface area contributed by atoms with Gasteiger partial charge >= 0.3 is 45.6 Å². The Labute approximate surface area is 274 Å². The minimum Gasteiger partial charge on any atom is -1.00 e. The predicted octanol–water partition coefficient (Wildman–Crippen LogP) is 8.49. The third kappa shape index (κ3) is 34.4. The second-order valence-corrected chi connectivity index (χ2v) is 13.3. The first kappa shape index (κ1) is 42.3. The van der Waals surface area contributed by atoms with Crippen LogP contribution in [0.5, 0.6) is 0 Å². The topological polar surface area (TPSA) is 60.4 Å². The summed E-state index contributed by atoms with van der Waals surface area (Å²) in [6.45, 7) is 4.52. The normalized spacial score (nSPS) is 11.7. The minimum absolute atomic E-state index is 0. The quantitative estimate of drug-likeness (QED) is 0.0349. The van der Waals surface area contributed by atoms with E-state index in [1.54, 1.807) is 0 Å². The van der Waals surface area contributed by atoms with Gasteiger partial charge in [0.15, 0.2) is 0 Å². The molecule has 0 atom stereocenters. The van der Waals surface area contributed by atoms with E-state index in [1.807, 2.05) is 0 Å². The van der Waals surface area contributed by atoms with Crippen molar-refractivity contribution in [3.63, 3.8) is 0 Å². The van der Waals surface area contributed by atoms with Gasteiger partial charge in [-0.3, -0.25) is 4.79 Å². The molecule has 0 N–H and O–H groups in total. The van der Waals surface area contributed by atoms with Crippen LogP contribution in [0, 0.1) is 0 Å². The Kier molecular flexibility index (Phi) is 35.6. The Morgan fingerprint density at radius 3 is 1.25 bits per heavy atom. The first-order valence-electron chi connectivity index (χ1n) is 17.1. The Morgan fingerprint density at radius 2 is 0.850 bits per heavy atom. The summed E-state index contributed by atoms with van der Waals surface area (Å²) in [6.07, 6.45) is 37.6. The summed E-state index contributed by atoms with van der Waals surface area (Å²) < 4.78 is 28.9. The molecule has 0 unspecified atom stereocenters. The van der Waals surface area contributed by atoms with Gasteiger partial charge in [0, 0.05) is 6.42 Å². The number of rotatable bonds is 31. The summed E-state index contributed by atoms with van der Waals surface area (Å²) in [5.74, 6) is -0.624. The summed E-state index contributed by atoms with van der Waals surface area (Å²) >= 11 is 0. The van der Waals surface area contributed by atoms with E-state index in [2.05, 4.69) is 26.0 Å². The van der Waals surface area contributed by atoms with Gasteiger partial charge < -0.3 is 5.61 Å². The van der Waals surface area contributed by atoms with Gasteiger partial charge in [0.05, 0.1) is 5.75 Å². The summed E-state index contributed by atoms with van der Waals surface area (Å²) in [7, 11) is -3.72. The molecule has 0 bridgehead atoms. The maximum Gasteiger partial charge on any atom is 1.00 e. The second kappa shape index (κ2) is 33.7. The van der Waals surface area contributed by atoms with E-state index in [0.29, 0.717) is 12.8 Å². The molecule has 0 rings (SSSR count). The van der Waals surface area contributed by atoms with E-state index in [9.17, 15) is 13.2 Å². The van der Waals surface area contributed by atoms with Crippen LogP contribution in [0.15, 0.2) is 12.2 Å². The van der Waals surface area contributed by atoms with Gasteiger partial charge in [-0.05, 0) is 38.5 Å². The van der Waals surface area contributed by atoms with Gasteiger partial charge in [-0.1, -0.05) is 161 Å². The summed E-state index contributed by atoms with van der Waals surface area (Å²) in [6, 6.07) is 0. The van der Waals surface area contributed by atoms with Crippen molar-refractivity contribution in [3.8, 4) is 0 Å². The van der Waals surface area contributed by atoms with Crippen LogP contribution in [0.25, 0.3) is 0 Å².